The molecule has 0 saturated carbocycles. The maximum atomic E-state index is 11.7. The molecule has 118 valence electrons. The van der Waals surface area contributed by atoms with Gasteiger partial charge in [-0.2, -0.15) is 11.3 Å². The van der Waals surface area contributed by atoms with Crippen LogP contribution >= 0.6 is 11.3 Å². The third kappa shape index (κ3) is 5.41. The first-order chi connectivity index (χ1) is 10.3. The average Bonchev–Trinajstić information content (AvgIpc) is 3.09. The predicted octanol–water partition coefficient (Wildman–Crippen LogP) is 3.55. The van der Waals surface area contributed by atoms with Crippen molar-refractivity contribution in [1.29, 1.82) is 0 Å². The molecule has 1 aromatic rings. The molecule has 0 N–H and O–H groups in total. The average molecular weight is 312 g/mol. The van der Waals surface area contributed by atoms with Gasteiger partial charge in [-0.3, -0.25) is 0 Å². The lowest BCUT2D eigenvalue weighted by atomic mass is 10.0. The zero-order chi connectivity index (χ0) is 15.0. The van der Waals surface area contributed by atoms with Gasteiger partial charge in [-0.1, -0.05) is 12.8 Å². The van der Waals surface area contributed by atoms with Crippen molar-refractivity contribution in [2.24, 2.45) is 0 Å². The molecule has 1 atom stereocenters. The number of unbranched alkanes of at least 4 members (excludes halogenated alkanes) is 3. The van der Waals surface area contributed by atoms with Crippen LogP contribution in [0.4, 0.5) is 0 Å². The van der Waals surface area contributed by atoms with Gasteiger partial charge in [0.1, 0.15) is 0 Å². The minimum absolute atomic E-state index is 0.191. The molecular formula is C16H24O4S. The van der Waals surface area contributed by atoms with E-state index in [0.717, 1.165) is 38.7 Å². The van der Waals surface area contributed by atoms with Crippen molar-refractivity contribution in [3.8, 4) is 0 Å². The van der Waals surface area contributed by atoms with Crippen molar-refractivity contribution in [3.63, 3.8) is 0 Å². The molecule has 0 spiro atoms. The molecule has 1 aliphatic rings. The Balaban J connectivity index is 1.44. The van der Waals surface area contributed by atoms with Gasteiger partial charge in [0.15, 0.2) is 5.60 Å². The second-order valence-electron chi connectivity index (χ2n) is 5.35. The molecule has 4 nitrogen and oxygen atoms in total. The summed E-state index contributed by atoms with van der Waals surface area (Å²) in [4.78, 5) is 11.7. The number of thiophene rings is 1. The Labute approximate surface area is 130 Å². The minimum Gasteiger partial charge on any atom is -0.464 e. The molecule has 1 aromatic heterocycles. The van der Waals surface area contributed by atoms with Crippen LogP contribution in [0.3, 0.4) is 0 Å². The Hall–Kier alpha value is -0.910. The van der Waals surface area contributed by atoms with E-state index < -0.39 is 5.60 Å². The van der Waals surface area contributed by atoms with E-state index in [2.05, 4.69) is 16.8 Å². The second kappa shape index (κ2) is 8.51. The summed E-state index contributed by atoms with van der Waals surface area (Å²) < 4.78 is 15.9. The molecule has 1 unspecified atom stereocenters. The Bertz CT molecular complexity index is 412. The van der Waals surface area contributed by atoms with Crippen LogP contribution < -0.4 is 0 Å². The third-order valence-corrected chi connectivity index (χ3v) is 4.34. The largest absolute Gasteiger partial charge is 0.464 e. The molecule has 21 heavy (non-hydrogen) atoms. The van der Waals surface area contributed by atoms with Crippen molar-refractivity contribution in [2.75, 3.05) is 19.8 Å². The number of carbonyl (C=O) groups excluding carboxylic acids is 1. The lowest BCUT2D eigenvalue weighted by Crippen LogP contribution is -2.27. The third-order valence-electron chi connectivity index (χ3n) is 3.61. The molecule has 1 aliphatic heterocycles. The smallest absolute Gasteiger partial charge is 0.340 e. The van der Waals surface area contributed by atoms with Crippen molar-refractivity contribution in [2.45, 2.75) is 51.2 Å². The van der Waals surface area contributed by atoms with Crippen LogP contribution in [0.5, 0.6) is 0 Å². The van der Waals surface area contributed by atoms with Crippen LogP contribution in [0.1, 0.15) is 44.6 Å². The first-order valence-electron chi connectivity index (χ1n) is 7.67. The van der Waals surface area contributed by atoms with E-state index in [9.17, 15) is 4.79 Å². The van der Waals surface area contributed by atoms with Gasteiger partial charge in [0.25, 0.3) is 0 Å². The van der Waals surface area contributed by atoms with Crippen LogP contribution in [-0.4, -0.2) is 31.4 Å². The molecule has 0 amide bonds. The summed E-state index contributed by atoms with van der Waals surface area (Å²) in [5.41, 5.74) is 0.646. The number of ether oxygens (including phenoxy) is 3. The molecule has 2 rings (SSSR count). The van der Waals surface area contributed by atoms with Gasteiger partial charge in [0, 0.05) is 6.61 Å². The molecule has 5 heteroatoms. The van der Waals surface area contributed by atoms with Gasteiger partial charge in [0.05, 0.1) is 19.8 Å². The van der Waals surface area contributed by atoms with Crippen LogP contribution in [0.2, 0.25) is 0 Å². The van der Waals surface area contributed by atoms with Crippen molar-refractivity contribution >= 4 is 17.3 Å². The Kier molecular flexibility index (Phi) is 6.67. The first-order valence-corrected chi connectivity index (χ1v) is 8.61. The Morgan fingerprint density at radius 3 is 2.86 bits per heavy atom. The number of hydrogen-bond acceptors (Lipinski definition) is 5. The monoisotopic (exact) mass is 312 g/mol. The fourth-order valence-corrected chi connectivity index (χ4v) is 2.90. The van der Waals surface area contributed by atoms with Crippen molar-refractivity contribution < 1.29 is 19.0 Å². The maximum absolute atomic E-state index is 11.7. The quantitative estimate of drug-likeness (QED) is 0.356. The number of rotatable bonds is 11. The van der Waals surface area contributed by atoms with Gasteiger partial charge in [0.2, 0.25) is 0 Å². The van der Waals surface area contributed by atoms with Gasteiger partial charge in [-0.05, 0) is 48.6 Å². The summed E-state index contributed by atoms with van der Waals surface area (Å²) >= 11 is 1.70. The zero-order valence-electron chi connectivity index (χ0n) is 12.6. The predicted molar refractivity (Wildman–Crippen MR) is 82.4 cm³/mol. The van der Waals surface area contributed by atoms with Gasteiger partial charge < -0.3 is 14.2 Å². The lowest BCUT2D eigenvalue weighted by Gasteiger charge is -2.10. The molecular weight excluding hydrogens is 288 g/mol. The highest BCUT2D eigenvalue weighted by molar-refractivity contribution is 7.07. The number of epoxide rings is 1. The molecule has 0 radical (unpaired) electrons. The normalized spacial score (nSPS) is 20.4. The summed E-state index contributed by atoms with van der Waals surface area (Å²) in [7, 11) is 0. The highest BCUT2D eigenvalue weighted by Crippen LogP contribution is 2.34. The lowest BCUT2D eigenvalue weighted by molar-refractivity contribution is -0.149. The van der Waals surface area contributed by atoms with Crippen LogP contribution in [0.25, 0.3) is 0 Å². The first kappa shape index (κ1) is 16.5. The van der Waals surface area contributed by atoms with Crippen molar-refractivity contribution in [1.82, 2.24) is 0 Å². The summed E-state index contributed by atoms with van der Waals surface area (Å²) in [6.07, 6.45) is 5.08. The Morgan fingerprint density at radius 1 is 1.38 bits per heavy atom. The van der Waals surface area contributed by atoms with Crippen LogP contribution in [-0.2, 0) is 25.6 Å². The van der Waals surface area contributed by atoms with Crippen molar-refractivity contribution in [3.05, 3.63) is 22.4 Å². The standard InChI is InChI=1S/C16H24O4S/c1-2-19-15(17)16(13-20-16)8-5-3-4-6-9-18-11-14-7-10-21-12-14/h7,10,12H,2-6,8-9,11,13H2,1H3. The van der Waals surface area contributed by atoms with E-state index >= 15 is 0 Å². The van der Waals surface area contributed by atoms with E-state index in [1.807, 2.05) is 6.92 Å². The van der Waals surface area contributed by atoms with Gasteiger partial charge in [-0.25, -0.2) is 4.79 Å². The van der Waals surface area contributed by atoms with Crippen LogP contribution in [0, 0.1) is 0 Å². The molecule has 0 bridgehead atoms. The molecule has 0 aromatic carbocycles. The topological polar surface area (TPSA) is 48.1 Å². The van der Waals surface area contributed by atoms with E-state index in [0.29, 0.717) is 19.8 Å². The van der Waals surface area contributed by atoms with E-state index in [4.69, 9.17) is 14.2 Å². The summed E-state index contributed by atoms with van der Waals surface area (Å²) in [5, 5.41) is 4.18. The highest BCUT2D eigenvalue weighted by atomic mass is 32.1. The van der Waals surface area contributed by atoms with E-state index in [1.165, 1.54) is 5.56 Å². The fraction of sp³-hybridized carbons (Fsp3) is 0.688. The Morgan fingerprint density at radius 2 is 2.19 bits per heavy atom. The summed E-state index contributed by atoms with van der Waals surface area (Å²) in [5.74, 6) is -0.191. The van der Waals surface area contributed by atoms with E-state index in [-0.39, 0.29) is 5.97 Å². The molecule has 1 saturated heterocycles. The zero-order valence-corrected chi connectivity index (χ0v) is 13.5. The van der Waals surface area contributed by atoms with E-state index in [1.54, 1.807) is 11.3 Å². The fourth-order valence-electron chi connectivity index (χ4n) is 2.25. The summed E-state index contributed by atoms with van der Waals surface area (Å²) in [6, 6.07) is 2.09. The number of hydrogen-bond donors (Lipinski definition) is 0. The summed E-state index contributed by atoms with van der Waals surface area (Å²) in [6.45, 7) is 4.28. The molecule has 1 fully saturated rings. The number of esters is 1. The number of carbonyl (C=O) groups is 1. The molecule has 0 aliphatic carbocycles. The SMILES string of the molecule is CCOC(=O)C1(CCCCCCOCc2ccsc2)CO1. The van der Waals surface area contributed by atoms with Gasteiger partial charge in [-0.15, -0.1) is 0 Å². The second-order valence-corrected chi connectivity index (χ2v) is 6.13. The molecule has 2 heterocycles. The van der Waals surface area contributed by atoms with Gasteiger partial charge >= 0.3 is 5.97 Å². The van der Waals surface area contributed by atoms with Crippen LogP contribution in [0.15, 0.2) is 16.8 Å². The maximum Gasteiger partial charge on any atom is 0.340 e. The minimum atomic E-state index is -0.606. The highest BCUT2D eigenvalue weighted by Gasteiger charge is 2.52.